The molecule has 0 fully saturated rings. The van der Waals surface area contributed by atoms with Gasteiger partial charge in [-0.05, 0) is 35.3 Å². The summed E-state index contributed by atoms with van der Waals surface area (Å²) in [5, 5.41) is 20.9. The Balaban J connectivity index is 1.63. The number of carbonyl (C=O) groups excluding carboxylic acids is 2. The van der Waals surface area contributed by atoms with Gasteiger partial charge in [0, 0.05) is 11.9 Å². The van der Waals surface area contributed by atoms with Gasteiger partial charge in [-0.25, -0.2) is 4.68 Å². The van der Waals surface area contributed by atoms with Crippen LogP contribution in [0.3, 0.4) is 0 Å². The second-order valence-corrected chi connectivity index (χ2v) is 5.23. The fraction of sp³-hybridized carbons (Fsp3) is 0.0667. The lowest BCUT2D eigenvalue weighted by Gasteiger charge is -2.06. The number of aromatic nitrogens is 4. The smallest absolute Gasteiger partial charge is 0.364 e. The highest BCUT2D eigenvalue weighted by Crippen LogP contribution is 2.13. The first-order chi connectivity index (χ1) is 12.4. The molecule has 0 spiro atoms. The van der Waals surface area contributed by atoms with Crippen LogP contribution in [0.2, 0.25) is 0 Å². The molecule has 0 radical (unpaired) electrons. The fourth-order valence-corrected chi connectivity index (χ4v) is 2.18. The van der Waals surface area contributed by atoms with Gasteiger partial charge in [-0.15, -0.1) is 0 Å². The van der Waals surface area contributed by atoms with Crippen LogP contribution in [0.4, 0.5) is 11.5 Å². The van der Waals surface area contributed by atoms with E-state index in [0.29, 0.717) is 11.4 Å². The predicted octanol–water partition coefficient (Wildman–Crippen LogP) is 0.715. The number of nitrogens with zero attached hydrogens (tertiary/aromatic N) is 5. The molecule has 0 aliphatic heterocycles. The van der Waals surface area contributed by atoms with Crippen molar-refractivity contribution in [2.24, 2.45) is 5.73 Å². The highest BCUT2D eigenvalue weighted by atomic mass is 16.6. The molecule has 0 saturated carbocycles. The van der Waals surface area contributed by atoms with Crippen molar-refractivity contribution in [3.8, 4) is 5.69 Å². The van der Waals surface area contributed by atoms with Crippen LogP contribution in [-0.4, -0.2) is 36.3 Å². The lowest BCUT2D eigenvalue weighted by atomic mass is 10.3. The van der Waals surface area contributed by atoms with Crippen molar-refractivity contribution in [3.05, 3.63) is 64.6 Å². The van der Waals surface area contributed by atoms with Gasteiger partial charge in [-0.3, -0.25) is 9.59 Å². The Labute approximate surface area is 146 Å². The Bertz CT molecular complexity index is 974. The van der Waals surface area contributed by atoms with E-state index < -0.39 is 10.8 Å². The quantitative estimate of drug-likeness (QED) is 0.491. The van der Waals surface area contributed by atoms with Crippen LogP contribution in [0.5, 0.6) is 0 Å². The Morgan fingerprint density at radius 2 is 1.85 bits per heavy atom. The standard InChI is InChI=1S/C15H13N7O4/c16-15(24)12-5-8-21(18-12)11-3-1-10(2-4-11)17-14(23)9-20-7-6-13(19-20)22(25)26/h1-8H,9H2,(H2,16,24)(H,17,23). The molecule has 2 aromatic heterocycles. The van der Waals surface area contributed by atoms with E-state index in [9.17, 15) is 19.7 Å². The Hall–Kier alpha value is -4.02. The minimum Gasteiger partial charge on any atom is -0.364 e. The van der Waals surface area contributed by atoms with Crippen molar-refractivity contribution in [3.63, 3.8) is 0 Å². The number of nitro groups is 1. The van der Waals surface area contributed by atoms with Crippen molar-refractivity contribution in [2.45, 2.75) is 6.54 Å². The summed E-state index contributed by atoms with van der Waals surface area (Å²) in [7, 11) is 0. The van der Waals surface area contributed by atoms with Gasteiger partial charge in [-0.2, -0.15) is 9.78 Å². The number of rotatable bonds is 6. The number of hydrogen-bond acceptors (Lipinski definition) is 6. The van der Waals surface area contributed by atoms with Crippen LogP contribution in [0, 0.1) is 10.1 Å². The van der Waals surface area contributed by atoms with E-state index in [2.05, 4.69) is 15.5 Å². The lowest BCUT2D eigenvalue weighted by Crippen LogP contribution is -2.19. The number of hydrogen-bond donors (Lipinski definition) is 2. The van der Waals surface area contributed by atoms with E-state index in [0.717, 1.165) is 0 Å². The maximum atomic E-state index is 12.0. The van der Waals surface area contributed by atoms with Crippen LogP contribution < -0.4 is 11.1 Å². The average molecular weight is 355 g/mol. The zero-order valence-corrected chi connectivity index (χ0v) is 13.3. The van der Waals surface area contributed by atoms with Crippen LogP contribution in [0.15, 0.2) is 48.8 Å². The Morgan fingerprint density at radius 3 is 2.42 bits per heavy atom. The van der Waals surface area contributed by atoms with Crippen molar-refractivity contribution < 1.29 is 14.5 Å². The van der Waals surface area contributed by atoms with E-state index in [4.69, 9.17) is 5.73 Å². The second-order valence-electron chi connectivity index (χ2n) is 5.23. The van der Waals surface area contributed by atoms with Crippen molar-refractivity contribution >= 4 is 23.3 Å². The molecule has 0 bridgehead atoms. The number of nitrogens with one attached hydrogen (secondary N) is 1. The summed E-state index contributed by atoms with van der Waals surface area (Å²) in [6, 6.07) is 9.43. The molecule has 0 atom stereocenters. The van der Waals surface area contributed by atoms with Crippen molar-refractivity contribution in [1.82, 2.24) is 19.6 Å². The summed E-state index contributed by atoms with van der Waals surface area (Å²) in [5.41, 5.74) is 6.52. The minimum atomic E-state index is -0.633. The molecule has 2 heterocycles. The minimum absolute atomic E-state index is 0.149. The SMILES string of the molecule is NC(=O)c1ccn(-c2ccc(NC(=O)Cn3ccc([N+](=O)[O-])n3)cc2)n1. The summed E-state index contributed by atoms with van der Waals surface area (Å²) in [5.74, 6) is -1.32. The van der Waals surface area contributed by atoms with E-state index in [1.165, 1.54) is 27.7 Å². The molecule has 26 heavy (non-hydrogen) atoms. The molecular formula is C15H13N7O4. The first kappa shape index (κ1) is 16.8. The highest BCUT2D eigenvalue weighted by Gasteiger charge is 2.13. The molecule has 132 valence electrons. The number of anilines is 1. The van der Waals surface area contributed by atoms with Crippen LogP contribution >= 0.6 is 0 Å². The summed E-state index contributed by atoms with van der Waals surface area (Å²) < 4.78 is 2.66. The van der Waals surface area contributed by atoms with Gasteiger partial charge in [0.25, 0.3) is 5.91 Å². The topological polar surface area (TPSA) is 151 Å². The molecule has 3 rings (SSSR count). The number of nitrogens with two attached hydrogens (primary N) is 1. The highest BCUT2D eigenvalue weighted by molar-refractivity contribution is 5.91. The Morgan fingerprint density at radius 1 is 1.12 bits per heavy atom. The van der Waals surface area contributed by atoms with Gasteiger partial charge in [-0.1, -0.05) is 0 Å². The molecule has 1 aromatic carbocycles. The molecule has 0 saturated heterocycles. The van der Waals surface area contributed by atoms with Crippen molar-refractivity contribution in [2.75, 3.05) is 5.32 Å². The van der Waals surface area contributed by atoms with E-state index in [-0.39, 0.29) is 24.0 Å². The largest absolute Gasteiger partial charge is 0.389 e. The first-order valence-electron chi connectivity index (χ1n) is 7.36. The summed E-state index contributed by atoms with van der Waals surface area (Å²) in [6.45, 7) is -0.156. The third-order valence-corrected chi connectivity index (χ3v) is 3.38. The number of benzene rings is 1. The van der Waals surface area contributed by atoms with Gasteiger partial charge in [0.05, 0.1) is 23.0 Å². The normalized spacial score (nSPS) is 10.5. The maximum Gasteiger partial charge on any atom is 0.389 e. The molecule has 3 aromatic rings. The molecule has 0 aliphatic carbocycles. The van der Waals surface area contributed by atoms with Gasteiger partial charge >= 0.3 is 5.82 Å². The van der Waals surface area contributed by atoms with E-state index in [1.807, 2.05) is 0 Å². The fourth-order valence-electron chi connectivity index (χ4n) is 2.18. The number of amides is 2. The monoisotopic (exact) mass is 355 g/mol. The van der Waals surface area contributed by atoms with E-state index in [1.54, 1.807) is 30.5 Å². The summed E-state index contributed by atoms with van der Waals surface area (Å²) in [6.07, 6.45) is 2.95. The van der Waals surface area contributed by atoms with E-state index >= 15 is 0 Å². The summed E-state index contributed by atoms with van der Waals surface area (Å²) in [4.78, 5) is 33.0. The predicted molar refractivity (Wildman–Crippen MR) is 89.6 cm³/mol. The molecule has 0 aliphatic rings. The number of carbonyl (C=O) groups is 2. The summed E-state index contributed by atoms with van der Waals surface area (Å²) >= 11 is 0. The van der Waals surface area contributed by atoms with Gasteiger partial charge in [0.2, 0.25) is 5.91 Å². The maximum absolute atomic E-state index is 12.0. The second kappa shape index (κ2) is 6.84. The zero-order chi connectivity index (χ0) is 18.7. The van der Waals surface area contributed by atoms with Gasteiger partial charge in [0.15, 0.2) is 0 Å². The molecule has 11 heteroatoms. The van der Waals surface area contributed by atoms with Crippen LogP contribution in [0.25, 0.3) is 5.69 Å². The third-order valence-electron chi connectivity index (χ3n) is 3.38. The lowest BCUT2D eigenvalue weighted by molar-refractivity contribution is -0.389. The zero-order valence-electron chi connectivity index (χ0n) is 13.3. The molecule has 11 nitrogen and oxygen atoms in total. The van der Waals surface area contributed by atoms with Gasteiger partial charge < -0.3 is 21.2 Å². The molecule has 0 unspecified atom stereocenters. The third kappa shape index (κ3) is 3.72. The van der Waals surface area contributed by atoms with Crippen LogP contribution in [-0.2, 0) is 11.3 Å². The number of primary amides is 1. The van der Waals surface area contributed by atoms with Crippen molar-refractivity contribution in [1.29, 1.82) is 0 Å². The van der Waals surface area contributed by atoms with Crippen LogP contribution in [0.1, 0.15) is 10.5 Å². The molecule has 3 N–H and O–H groups in total. The molecule has 2 amide bonds. The average Bonchev–Trinajstić information content (AvgIpc) is 3.25. The first-order valence-corrected chi connectivity index (χ1v) is 7.36. The molecular weight excluding hydrogens is 342 g/mol. The Kier molecular flexibility index (Phi) is 4.43. The van der Waals surface area contributed by atoms with Gasteiger partial charge in [0.1, 0.15) is 12.2 Å².